The van der Waals surface area contributed by atoms with Gasteiger partial charge in [-0.2, -0.15) is 4.98 Å². The van der Waals surface area contributed by atoms with E-state index in [0.717, 1.165) is 35.6 Å². The average Bonchev–Trinajstić information content (AvgIpc) is 2.95. The minimum Gasteiger partial charge on any atom is -0.339 e. The number of rotatable bonds is 2. The Kier molecular flexibility index (Phi) is 2.99. The van der Waals surface area contributed by atoms with Crippen LogP contribution in [0.15, 0.2) is 22.8 Å². The van der Waals surface area contributed by atoms with Crippen LogP contribution in [0.4, 0.5) is 5.95 Å². The van der Waals surface area contributed by atoms with E-state index in [0.29, 0.717) is 5.92 Å². The molecule has 0 saturated carbocycles. The Balaban J connectivity index is 1.89. The van der Waals surface area contributed by atoms with Gasteiger partial charge in [0.1, 0.15) is 0 Å². The maximum absolute atomic E-state index is 5.96. The van der Waals surface area contributed by atoms with E-state index in [4.69, 9.17) is 5.73 Å². The summed E-state index contributed by atoms with van der Waals surface area (Å²) in [6.45, 7) is 4.01. The highest BCUT2D eigenvalue weighted by molar-refractivity contribution is 9.10. The van der Waals surface area contributed by atoms with Crippen molar-refractivity contribution in [1.82, 2.24) is 14.6 Å². The van der Waals surface area contributed by atoms with Gasteiger partial charge in [-0.25, -0.2) is 4.52 Å². The zero-order chi connectivity index (χ0) is 12.7. The summed E-state index contributed by atoms with van der Waals surface area (Å²) >= 11 is 3.49. The number of aromatic nitrogens is 3. The Hall–Kier alpha value is -1.14. The first-order valence-electron chi connectivity index (χ1n) is 6.16. The lowest BCUT2D eigenvalue weighted by Gasteiger charge is -2.15. The summed E-state index contributed by atoms with van der Waals surface area (Å²) in [6.07, 6.45) is 3.03. The zero-order valence-corrected chi connectivity index (χ0v) is 11.8. The Bertz CT molecular complexity index is 565. The second kappa shape index (κ2) is 4.51. The van der Waals surface area contributed by atoms with Crippen LogP contribution in [-0.2, 0) is 0 Å². The van der Waals surface area contributed by atoms with Gasteiger partial charge >= 0.3 is 0 Å². The molecule has 1 aliphatic rings. The van der Waals surface area contributed by atoms with E-state index >= 15 is 0 Å². The molecule has 2 N–H and O–H groups in total. The molecule has 3 heterocycles. The van der Waals surface area contributed by atoms with Crippen molar-refractivity contribution in [3.63, 3.8) is 0 Å². The van der Waals surface area contributed by atoms with Gasteiger partial charge in [-0.05, 0) is 47.3 Å². The number of fused-ring (bicyclic) bond motifs is 1. The summed E-state index contributed by atoms with van der Waals surface area (Å²) in [6, 6.07) is 4.16. The summed E-state index contributed by atoms with van der Waals surface area (Å²) in [5.74, 6) is 1.34. The molecule has 0 aliphatic carbocycles. The highest BCUT2D eigenvalue weighted by Gasteiger charge is 2.27. The summed E-state index contributed by atoms with van der Waals surface area (Å²) in [5, 5.41) is 4.51. The molecule has 0 amide bonds. The standard InChI is InChI=1S/C12H16BrN5/c1-8(14)9-4-6-17(7-9)12-15-11-10(13)3-2-5-18(11)16-12/h2-3,5,8-9H,4,6-7,14H2,1H3. The topological polar surface area (TPSA) is 59.5 Å². The van der Waals surface area contributed by atoms with Crippen LogP contribution in [0.2, 0.25) is 0 Å². The molecular formula is C12H16BrN5. The van der Waals surface area contributed by atoms with Crippen molar-refractivity contribution in [3.05, 3.63) is 22.8 Å². The average molecular weight is 310 g/mol. The van der Waals surface area contributed by atoms with Crippen molar-refractivity contribution in [3.8, 4) is 0 Å². The molecule has 5 nitrogen and oxygen atoms in total. The van der Waals surface area contributed by atoms with Crippen LogP contribution in [0.3, 0.4) is 0 Å². The quantitative estimate of drug-likeness (QED) is 0.916. The third-order valence-corrected chi connectivity index (χ3v) is 4.17. The van der Waals surface area contributed by atoms with Gasteiger partial charge in [0.2, 0.25) is 5.95 Å². The molecule has 2 atom stereocenters. The number of pyridine rings is 1. The van der Waals surface area contributed by atoms with Gasteiger partial charge in [-0.3, -0.25) is 0 Å². The minimum absolute atomic E-state index is 0.235. The summed E-state index contributed by atoms with van der Waals surface area (Å²) in [4.78, 5) is 6.79. The van der Waals surface area contributed by atoms with E-state index < -0.39 is 0 Å². The molecule has 0 radical (unpaired) electrons. The van der Waals surface area contributed by atoms with Gasteiger partial charge in [-0.1, -0.05) is 0 Å². The van der Waals surface area contributed by atoms with Crippen molar-refractivity contribution in [2.45, 2.75) is 19.4 Å². The van der Waals surface area contributed by atoms with Crippen LogP contribution in [0.5, 0.6) is 0 Å². The first kappa shape index (κ1) is 11.9. The SMILES string of the molecule is CC(N)C1CCN(c2nc3c(Br)cccn3n2)C1. The normalized spacial score (nSPS) is 21.7. The van der Waals surface area contributed by atoms with Crippen LogP contribution in [0, 0.1) is 5.92 Å². The number of nitrogens with two attached hydrogens (primary N) is 1. The molecule has 0 bridgehead atoms. The van der Waals surface area contributed by atoms with Crippen LogP contribution < -0.4 is 10.6 Å². The van der Waals surface area contributed by atoms with Crippen molar-refractivity contribution < 1.29 is 0 Å². The molecule has 6 heteroatoms. The lowest BCUT2D eigenvalue weighted by atomic mass is 10.0. The predicted molar refractivity (Wildman–Crippen MR) is 74.7 cm³/mol. The van der Waals surface area contributed by atoms with Crippen molar-refractivity contribution in [1.29, 1.82) is 0 Å². The third-order valence-electron chi connectivity index (χ3n) is 3.55. The Morgan fingerprint density at radius 1 is 1.56 bits per heavy atom. The maximum atomic E-state index is 5.96. The van der Waals surface area contributed by atoms with Crippen molar-refractivity contribution >= 4 is 27.5 Å². The maximum Gasteiger partial charge on any atom is 0.245 e. The van der Waals surface area contributed by atoms with Gasteiger partial charge in [-0.15, -0.1) is 5.10 Å². The number of hydrogen-bond donors (Lipinski definition) is 1. The minimum atomic E-state index is 0.235. The van der Waals surface area contributed by atoms with E-state index in [2.05, 4.69) is 37.8 Å². The Labute approximate surface area is 114 Å². The molecule has 0 aromatic carbocycles. The molecule has 0 spiro atoms. The second-order valence-corrected chi connectivity index (χ2v) is 5.74. The Morgan fingerprint density at radius 3 is 3.06 bits per heavy atom. The highest BCUT2D eigenvalue weighted by Crippen LogP contribution is 2.24. The molecule has 2 unspecified atom stereocenters. The lowest BCUT2D eigenvalue weighted by Crippen LogP contribution is -2.30. The lowest BCUT2D eigenvalue weighted by molar-refractivity contribution is 0.487. The Morgan fingerprint density at radius 2 is 2.39 bits per heavy atom. The third kappa shape index (κ3) is 1.99. The molecule has 18 heavy (non-hydrogen) atoms. The van der Waals surface area contributed by atoms with Crippen LogP contribution >= 0.6 is 15.9 Å². The van der Waals surface area contributed by atoms with Crippen LogP contribution in [0.25, 0.3) is 5.65 Å². The molecule has 1 aliphatic heterocycles. The van der Waals surface area contributed by atoms with Gasteiger partial charge < -0.3 is 10.6 Å². The van der Waals surface area contributed by atoms with E-state index in [9.17, 15) is 0 Å². The molecular weight excluding hydrogens is 294 g/mol. The number of anilines is 1. The zero-order valence-electron chi connectivity index (χ0n) is 10.3. The largest absolute Gasteiger partial charge is 0.339 e. The van der Waals surface area contributed by atoms with Gasteiger partial charge in [0, 0.05) is 25.3 Å². The molecule has 1 saturated heterocycles. The van der Waals surface area contributed by atoms with Crippen LogP contribution in [-0.4, -0.2) is 33.7 Å². The number of nitrogens with zero attached hydrogens (tertiary/aromatic N) is 4. The van der Waals surface area contributed by atoms with Gasteiger partial charge in [0.25, 0.3) is 0 Å². The van der Waals surface area contributed by atoms with Gasteiger partial charge in [0.15, 0.2) is 5.65 Å². The first-order valence-corrected chi connectivity index (χ1v) is 6.96. The first-order chi connectivity index (χ1) is 8.65. The number of hydrogen-bond acceptors (Lipinski definition) is 4. The number of halogens is 1. The van der Waals surface area contributed by atoms with E-state index in [1.54, 1.807) is 4.52 Å². The summed E-state index contributed by atoms with van der Waals surface area (Å²) in [7, 11) is 0. The molecule has 2 aromatic rings. The molecule has 2 aromatic heterocycles. The predicted octanol–water partition coefficient (Wildman–Crippen LogP) is 1.67. The smallest absolute Gasteiger partial charge is 0.245 e. The van der Waals surface area contributed by atoms with E-state index in [-0.39, 0.29) is 6.04 Å². The monoisotopic (exact) mass is 309 g/mol. The van der Waals surface area contributed by atoms with E-state index in [1.807, 2.05) is 18.3 Å². The molecule has 96 valence electrons. The van der Waals surface area contributed by atoms with Crippen molar-refractivity contribution in [2.24, 2.45) is 11.7 Å². The van der Waals surface area contributed by atoms with E-state index in [1.165, 1.54) is 0 Å². The van der Waals surface area contributed by atoms with Crippen LogP contribution in [0.1, 0.15) is 13.3 Å². The molecule has 3 rings (SSSR count). The fourth-order valence-electron chi connectivity index (χ4n) is 2.39. The second-order valence-electron chi connectivity index (χ2n) is 4.89. The summed E-state index contributed by atoms with van der Waals surface area (Å²) < 4.78 is 2.77. The molecule has 1 fully saturated rings. The van der Waals surface area contributed by atoms with Gasteiger partial charge in [0.05, 0.1) is 4.47 Å². The highest BCUT2D eigenvalue weighted by atomic mass is 79.9. The van der Waals surface area contributed by atoms with Crippen molar-refractivity contribution in [2.75, 3.05) is 18.0 Å². The summed E-state index contributed by atoms with van der Waals surface area (Å²) in [5.41, 5.74) is 6.82. The fraction of sp³-hybridized carbons (Fsp3) is 0.500. The fourth-order valence-corrected chi connectivity index (χ4v) is 2.82.